The van der Waals surface area contributed by atoms with E-state index >= 15 is 0 Å². The summed E-state index contributed by atoms with van der Waals surface area (Å²) in [6, 6.07) is 4.63. The van der Waals surface area contributed by atoms with Crippen LogP contribution in [0.1, 0.15) is 55.8 Å². The van der Waals surface area contributed by atoms with E-state index in [1.54, 1.807) is 11.3 Å². The summed E-state index contributed by atoms with van der Waals surface area (Å²) in [6.07, 6.45) is 6.92. The minimum absolute atomic E-state index is 0.295. The van der Waals surface area contributed by atoms with Crippen molar-refractivity contribution in [3.05, 3.63) is 28.2 Å². The maximum absolute atomic E-state index is 11.4. The Morgan fingerprint density at radius 3 is 2.87 bits per heavy atom. The Balaban J connectivity index is 1.88. The molecule has 1 atom stereocenters. The number of thiophene rings is 1. The summed E-state index contributed by atoms with van der Waals surface area (Å²) in [5.74, 6) is 0.687. The van der Waals surface area contributed by atoms with Crippen molar-refractivity contribution in [2.45, 2.75) is 61.9 Å². The molecular formula is C16H22N4OS2. The van der Waals surface area contributed by atoms with Crippen LogP contribution in [0.2, 0.25) is 0 Å². The third kappa shape index (κ3) is 3.95. The number of nitrogens with zero attached hydrogens (tertiary/aromatic N) is 3. The maximum Gasteiger partial charge on any atom is 0.230 e. The smallest absolute Gasteiger partial charge is 0.230 e. The number of carbonyl (C=O) groups is 1. The largest absolute Gasteiger partial charge is 0.369 e. The molecule has 0 aliphatic heterocycles. The number of hydrogen-bond donors (Lipinski definition) is 1. The van der Waals surface area contributed by atoms with E-state index in [9.17, 15) is 4.79 Å². The van der Waals surface area contributed by atoms with Gasteiger partial charge in [0.15, 0.2) is 5.16 Å². The molecule has 1 amide bonds. The van der Waals surface area contributed by atoms with Crippen LogP contribution in [0.5, 0.6) is 0 Å². The first-order valence-corrected chi connectivity index (χ1v) is 9.83. The molecular weight excluding hydrogens is 328 g/mol. The van der Waals surface area contributed by atoms with E-state index in [0.29, 0.717) is 6.04 Å². The quantitative estimate of drug-likeness (QED) is 0.810. The third-order valence-corrected chi connectivity index (χ3v) is 6.22. The molecule has 0 unspecified atom stereocenters. The lowest BCUT2D eigenvalue weighted by Gasteiger charge is -2.26. The van der Waals surface area contributed by atoms with Gasteiger partial charge in [-0.1, -0.05) is 37.1 Å². The number of aromatic nitrogens is 3. The third-order valence-electron chi connectivity index (χ3n) is 4.27. The second-order valence-corrected chi connectivity index (χ2v) is 8.32. The highest BCUT2D eigenvalue weighted by atomic mass is 32.2. The predicted octanol–water partition coefficient (Wildman–Crippen LogP) is 3.40. The first kappa shape index (κ1) is 16.5. The van der Waals surface area contributed by atoms with Gasteiger partial charge < -0.3 is 10.3 Å². The van der Waals surface area contributed by atoms with Crippen molar-refractivity contribution in [3.8, 4) is 0 Å². The summed E-state index contributed by atoms with van der Waals surface area (Å²) < 4.78 is 2.27. The molecule has 0 saturated heterocycles. The molecule has 23 heavy (non-hydrogen) atoms. The second-order valence-electron chi connectivity index (χ2n) is 5.98. The summed E-state index contributed by atoms with van der Waals surface area (Å²) >= 11 is 3.16. The standard InChI is InChI=1S/C16H22N4OS2/c1-11(15(17)21)23-16-19-18-14(10-13-8-5-9-22-13)20(16)12-6-3-2-4-7-12/h5,8-9,11-12H,2-4,6-7,10H2,1H3,(H2,17,21)/t11-/m1/s1. The van der Waals surface area contributed by atoms with Crippen molar-refractivity contribution >= 4 is 29.0 Å². The zero-order valence-corrected chi connectivity index (χ0v) is 14.9. The van der Waals surface area contributed by atoms with Crippen molar-refractivity contribution < 1.29 is 4.79 Å². The molecule has 2 N–H and O–H groups in total. The normalized spacial score (nSPS) is 17.3. The lowest BCUT2D eigenvalue weighted by Crippen LogP contribution is -2.24. The van der Waals surface area contributed by atoms with E-state index in [-0.39, 0.29) is 11.2 Å². The maximum atomic E-state index is 11.4. The summed E-state index contributed by atoms with van der Waals surface area (Å²) in [6.45, 7) is 1.83. The van der Waals surface area contributed by atoms with Crippen molar-refractivity contribution in [3.63, 3.8) is 0 Å². The first-order chi connectivity index (χ1) is 11.1. The molecule has 2 heterocycles. The Morgan fingerprint density at radius 1 is 1.43 bits per heavy atom. The highest BCUT2D eigenvalue weighted by Crippen LogP contribution is 2.34. The summed E-state index contributed by atoms with van der Waals surface area (Å²) in [7, 11) is 0. The van der Waals surface area contributed by atoms with Crippen LogP contribution in [-0.4, -0.2) is 25.9 Å². The van der Waals surface area contributed by atoms with E-state index < -0.39 is 0 Å². The van der Waals surface area contributed by atoms with Crippen molar-refractivity contribution in [2.75, 3.05) is 0 Å². The lowest BCUT2D eigenvalue weighted by atomic mass is 9.95. The number of carbonyl (C=O) groups excluding carboxylic acids is 1. The topological polar surface area (TPSA) is 73.8 Å². The number of primary amides is 1. The van der Waals surface area contributed by atoms with Crippen LogP contribution in [0.25, 0.3) is 0 Å². The summed E-state index contributed by atoms with van der Waals surface area (Å²) in [5, 5.41) is 11.4. The Labute approximate surface area is 144 Å². The van der Waals surface area contributed by atoms with Gasteiger partial charge in [0.25, 0.3) is 0 Å². The molecule has 0 spiro atoms. The van der Waals surface area contributed by atoms with Gasteiger partial charge in [-0.2, -0.15) is 0 Å². The van der Waals surface area contributed by atoms with Crippen LogP contribution in [0.3, 0.4) is 0 Å². The van der Waals surface area contributed by atoms with Crippen LogP contribution >= 0.6 is 23.1 Å². The fraction of sp³-hybridized carbons (Fsp3) is 0.562. The predicted molar refractivity (Wildman–Crippen MR) is 93.8 cm³/mol. The van der Waals surface area contributed by atoms with Gasteiger partial charge in [0.05, 0.1) is 5.25 Å². The van der Waals surface area contributed by atoms with E-state index in [0.717, 1.165) is 30.2 Å². The van der Waals surface area contributed by atoms with Gasteiger partial charge >= 0.3 is 0 Å². The van der Waals surface area contributed by atoms with Crippen molar-refractivity contribution in [1.29, 1.82) is 0 Å². The fourth-order valence-electron chi connectivity index (χ4n) is 3.00. The Hall–Kier alpha value is -1.34. The van der Waals surface area contributed by atoms with Gasteiger partial charge in [-0.15, -0.1) is 21.5 Å². The van der Waals surface area contributed by atoms with Crippen molar-refractivity contribution in [2.24, 2.45) is 5.73 Å². The fourth-order valence-corrected chi connectivity index (χ4v) is 4.59. The van der Waals surface area contributed by atoms with Gasteiger partial charge in [0, 0.05) is 17.3 Å². The van der Waals surface area contributed by atoms with E-state index in [1.165, 1.54) is 35.9 Å². The highest BCUT2D eigenvalue weighted by molar-refractivity contribution is 8.00. The minimum atomic E-state index is -0.312. The van der Waals surface area contributed by atoms with Crippen LogP contribution in [-0.2, 0) is 11.2 Å². The van der Waals surface area contributed by atoms with Crippen LogP contribution in [0, 0.1) is 0 Å². The minimum Gasteiger partial charge on any atom is -0.369 e. The van der Waals surface area contributed by atoms with Gasteiger partial charge in [-0.3, -0.25) is 4.79 Å². The molecule has 5 nitrogen and oxygen atoms in total. The highest BCUT2D eigenvalue weighted by Gasteiger charge is 2.25. The van der Waals surface area contributed by atoms with E-state index in [1.807, 2.05) is 6.92 Å². The number of nitrogens with two attached hydrogens (primary N) is 1. The number of amides is 1. The molecule has 1 fully saturated rings. The van der Waals surface area contributed by atoms with Gasteiger partial charge in [0.2, 0.25) is 5.91 Å². The molecule has 2 aromatic heterocycles. The molecule has 7 heteroatoms. The van der Waals surface area contributed by atoms with E-state index in [4.69, 9.17) is 5.73 Å². The molecule has 1 aliphatic carbocycles. The number of hydrogen-bond acceptors (Lipinski definition) is 5. The molecule has 0 bridgehead atoms. The van der Waals surface area contributed by atoms with Crippen LogP contribution in [0.15, 0.2) is 22.7 Å². The summed E-state index contributed by atoms with van der Waals surface area (Å²) in [4.78, 5) is 12.7. The second kappa shape index (κ2) is 7.49. The van der Waals surface area contributed by atoms with Gasteiger partial charge in [-0.05, 0) is 31.2 Å². The Kier molecular flexibility index (Phi) is 5.38. The monoisotopic (exact) mass is 350 g/mol. The SMILES string of the molecule is C[C@@H](Sc1nnc(Cc2cccs2)n1C1CCCCC1)C(N)=O. The zero-order valence-electron chi connectivity index (χ0n) is 13.3. The number of thioether (sulfide) groups is 1. The molecule has 3 rings (SSSR count). The molecule has 124 valence electrons. The molecule has 1 aliphatic rings. The molecule has 1 saturated carbocycles. The van der Waals surface area contributed by atoms with E-state index in [2.05, 4.69) is 32.3 Å². The first-order valence-electron chi connectivity index (χ1n) is 8.07. The van der Waals surface area contributed by atoms with Gasteiger partial charge in [0.1, 0.15) is 5.82 Å². The molecule has 0 aromatic carbocycles. The molecule has 0 radical (unpaired) electrons. The Bertz CT molecular complexity index is 647. The summed E-state index contributed by atoms with van der Waals surface area (Å²) in [5.41, 5.74) is 5.41. The zero-order chi connectivity index (χ0) is 16.2. The number of rotatable bonds is 6. The van der Waals surface area contributed by atoms with Gasteiger partial charge in [-0.25, -0.2) is 0 Å². The van der Waals surface area contributed by atoms with Crippen molar-refractivity contribution in [1.82, 2.24) is 14.8 Å². The van der Waals surface area contributed by atoms with Crippen LogP contribution < -0.4 is 5.73 Å². The van der Waals surface area contributed by atoms with Crippen LogP contribution in [0.4, 0.5) is 0 Å². The lowest BCUT2D eigenvalue weighted by molar-refractivity contribution is -0.117. The average Bonchev–Trinajstić information content (AvgIpc) is 3.19. The average molecular weight is 351 g/mol. The molecule has 2 aromatic rings. The Morgan fingerprint density at radius 2 is 2.22 bits per heavy atom.